The van der Waals surface area contributed by atoms with Crippen molar-refractivity contribution >= 4 is 5.91 Å². The summed E-state index contributed by atoms with van der Waals surface area (Å²) in [6.07, 6.45) is 1.66. The average Bonchev–Trinajstić information content (AvgIpc) is 3.15. The number of ether oxygens (including phenoxy) is 1. The third-order valence-electron chi connectivity index (χ3n) is 4.86. The first-order valence-corrected chi connectivity index (χ1v) is 8.49. The maximum Gasteiger partial charge on any atom is 0.227 e. The van der Waals surface area contributed by atoms with Gasteiger partial charge in [0, 0.05) is 25.1 Å². The number of benzene rings is 1. The van der Waals surface area contributed by atoms with Crippen molar-refractivity contribution in [2.24, 2.45) is 11.8 Å². The molecule has 0 spiro atoms. The predicted molar refractivity (Wildman–Crippen MR) is 86.7 cm³/mol. The fourth-order valence-electron chi connectivity index (χ4n) is 3.70. The summed E-state index contributed by atoms with van der Waals surface area (Å²) in [6.45, 7) is 6.54. The van der Waals surface area contributed by atoms with E-state index in [-0.39, 0.29) is 29.8 Å². The number of amides is 1. The summed E-state index contributed by atoms with van der Waals surface area (Å²) >= 11 is 0. The Morgan fingerprint density at radius 1 is 1.39 bits per heavy atom. The Morgan fingerprint density at radius 2 is 2.22 bits per heavy atom. The van der Waals surface area contributed by atoms with E-state index in [1.165, 1.54) is 12.1 Å². The fourth-order valence-corrected chi connectivity index (χ4v) is 3.70. The van der Waals surface area contributed by atoms with Crippen molar-refractivity contribution in [1.29, 1.82) is 0 Å². The van der Waals surface area contributed by atoms with Gasteiger partial charge in [-0.05, 0) is 31.0 Å². The lowest BCUT2D eigenvalue weighted by molar-refractivity contribution is -0.135. The lowest BCUT2D eigenvalue weighted by Crippen LogP contribution is -2.43. The van der Waals surface area contributed by atoms with Crippen molar-refractivity contribution < 1.29 is 13.9 Å². The van der Waals surface area contributed by atoms with E-state index in [4.69, 9.17) is 4.74 Å². The quantitative estimate of drug-likeness (QED) is 0.926. The second-order valence-electron chi connectivity index (χ2n) is 6.89. The molecule has 1 N–H and O–H groups in total. The van der Waals surface area contributed by atoms with Gasteiger partial charge in [0.2, 0.25) is 5.91 Å². The van der Waals surface area contributed by atoms with Gasteiger partial charge in [0.25, 0.3) is 0 Å². The van der Waals surface area contributed by atoms with Crippen LogP contribution < -0.4 is 10.1 Å². The summed E-state index contributed by atoms with van der Waals surface area (Å²) < 4.78 is 19.0. The van der Waals surface area contributed by atoms with Gasteiger partial charge in [-0.15, -0.1) is 0 Å². The molecule has 3 atom stereocenters. The third kappa shape index (κ3) is 3.66. The lowest BCUT2D eigenvalue weighted by Gasteiger charge is -2.27. The zero-order chi connectivity index (χ0) is 16.4. The molecule has 0 aliphatic carbocycles. The Kier molecular flexibility index (Phi) is 4.85. The van der Waals surface area contributed by atoms with Crippen molar-refractivity contribution in [2.45, 2.75) is 38.8 Å². The molecule has 0 saturated carbocycles. The fraction of sp³-hybridized carbons (Fsp3) is 0.611. The summed E-state index contributed by atoms with van der Waals surface area (Å²) in [7, 11) is 0. The molecule has 2 fully saturated rings. The topological polar surface area (TPSA) is 41.6 Å². The van der Waals surface area contributed by atoms with Crippen molar-refractivity contribution in [2.75, 3.05) is 19.6 Å². The number of carbonyl (C=O) groups excluding carboxylic acids is 1. The summed E-state index contributed by atoms with van der Waals surface area (Å²) in [5.41, 5.74) is 0. The van der Waals surface area contributed by atoms with E-state index in [9.17, 15) is 9.18 Å². The van der Waals surface area contributed by atoms with Crippen LogP contribution in [0.4, 0.5) is 4.39 Å². The molecule has 4 nitrogen and oxygen atoms in total. The van der Waals surface area contributed by atoms with Crippen LogP contribution in [0, 0.1) is 17.7 Å². The SMILES string of the molecule is CC(C)C1NCCC1C(=O)N1CCC(Oc2cccc(F)c2)C1. The molecule has 3 unspecified atom stereocenters. The highest BCUT2D eigenvalue weighted by Crippen LogP contribution is 2.27. The van der Waals surface area contributed by atoms with Crippen molar-refractivity contribution in [3.8, 4) is 5.75 Å². The van der Waals surface area contributed by atoms with Gasteiger partial charge in [-0.1, -0.05) is 19.9 Å². The summed E-state index contributed by atoms with van der Waals surface area (Å²) in [4.78, 5) is 14.7. The minimum Gasteiger partial charge on any atom is -0.488 e. The highest BCUT2D eigenvalue weighted by molar-refractivity contribution is 5.80. The molecule has 2 aliphatic rings. The number of nitrogens with zero attached hydrogens (tertiary/aromatic N) is 1. The molecule has 126 valence electrons. The van der Waals surface area contributed by atoms with Gasteiger partial charge in [0.15, 0.2) is 0 Å². The summed E-state index contributed by atoms with van der Waals surface area (Å²) in [5.74, 6) is 0.993. The molecule has 0 bridgehead atoms. The number of halogens is 1. The third-order valence-corrected chi connectivity index (χ3v) is 4.86. The Labute approximate surface area is 137 Å². The van der Waals surface area contributed by atoms with E-state index in [2.05, 4.69) is 19.2 Å². The number of hydrogen-bond donors (Lipinski definition) is 1. The van der Waals surface area contributed by atoms with Crippen LogP contribution in [0.15, 0.2) is 24.3 Å². The van der Waals surface area contributed by atoms with Gasteiger partial charge < -0.3 is 15.0 Å². The van der Waals surface area contributed by atoms with E-state index < -0.39 is 0 Å². The smallest absolute Gasteiger partial charge is 0.227 e. The molecule has 0 aromatic heterocycles. The Morgan fingerprint density at radius 3 is 2.96 bits per heavy atom. The molecule has 2 aliphatic heterocycles. The van der Waals surface area contributed by atoms with Crippen LogP contribution in [0.3, 0.4) is 0 Å². The monoisotopic (exact) mass is 320 g/mol. The zero-order valence-electron chi connectivity index (χ0n) is 13.8. The molecule has 1 amide bonds. The number of likely N-dealkylation sites (tertiary alicyclic amines) is 1. The van der Waals surface area contributed by atoms with Gasteiger partial charge in [-0.3, -0.25) is 4.79 Å². The normalized spacial score (nSPS) is 27.7. The molecule has 5 heteroatoms. The maximum absolute atomic E-state index is 13.2. The minimum atomic E-state index is -0.301. The van der Waals surface area contributed by atoms with Crippen LogP contribution >= 0.6 is 0 Å². The molecule has 1 aromatic carbocycles. The first-order chi connectivity index (χ1) is 11.0. The average molecular weight is 320 g/mol. The van der Waals surface area contributed by atoms with Crippen molar-refractivity contribution in [3.63, 3.8) is 0 Å². The van der Waals surface area contributed by atoms with Gasteiger partial charge in [0.1, 0.15) is 17.7 Å². The van der Waals surface area contributed by atoms with E-state index in [0.717, 1.165) is 25.9 Å². The number of nitrogens with one attached hydrogen (secondary N) is 1. The molecular formula is C18H25FN2O2. The second kappa shape index (κ2) is 6.87. The first kappa shape index (κ1) is 16.2. The number of rotatable bonds is 4. The van der Waals surface area contributed by atoms with Gasteiger partial charge in [-0.2, -0.15) is 0 Å². The predicted octanol–water partition coefficient (Wildman–Crippen LogP) is 2.44. The van der Waals surface area contributed by atoms with Crippen LogP contribution in [-0.2, 0) is 4.79 Å². The Balaban J connectivity index is 1.58. The van der Waals surface area contributed by atoms with Crippen LogP contribution in [0.5, 0.6) is 5.75 Å². The Hall–Kier alpha value is -1.62. The minimum absolute atomic E-state index is 0.0485. The van der Waals surface area contributed by atoms with Gasteiger partial charge in [-0.25, -0.2) is 4.39 Å². The summed E-state index contributed by atoms with van der Waals surface area (Å²) in [6, 6.07) is 6.45. The molecular weight excluding hydrogens is 295 g/mol. The molecule has 23 heavy (non-hydrogen) atoms. The Bertz CT molecular complexity index is 564. The maximum atomic E-state index is 13.2. The van der Waals surface area contributed by atoms with E-state index in [1.54, 1.807) is 12.1 Å². The van der Waals surface area contributed by atoms with Crippen LogP contribution in [0.25, 0.3) is 0 Å². The molecule has 2 saturated heterocycles. The standard InChI is InChI=1S/C18H25FN2O2/c1-12(2)17-16(6-8-20-17)18(22)21-9-7-15(11-21)23-14-5-3-4-13(19)10-14/h3-5,10,12,15-17,20H,6-9,11H2,1-2H3. The largest absolute Gasteiger partial charge is 0.488 e. The lowest BCUT2D eigenvalue weighted by atomic mass is 9.91. The number of carbonyl (C=O) groups is 1. The second-order valence-corrected chi connectivity index (χ2v) is 6.89. The van der Waals surface area contributed by atoms with Crippen molar-refractivity contribution in [1.82, 2.24) is 10.2 Å². The van der Waals surface area contributed by atoms with E-state index >= 15 is 0 Å². The van der Waals surface area contributed by atoms with E-state index in [0.29, 0.717) is 18.2 Å². The van der Waals surface area contributed by atoms with Gasteiger partial charge in [0.05, 0.1) is 12.5 Å². The number of hydrogen-bond acceptors (Lipinski definition) is 3. The molecule has 3 rings (SSSR count). The molecule has 0 radical (unpaired) electrons. The van der Waals surface area contributed by atoms with Gasteiger partial charge >= 0.3 is 0 Å². The first-order valence-electron chi connectivity index (χ1n) is 8.49. The van der Waals surface area contributed by atoms with E-state index in [1.807, 2.05) is 4.90 Å². The van der Waals surface area contributed by atoms with Crippen molar-refractivity contribution in [3.05, 3.63) is 30.1 Å². The van der Waals surface area contributed by atoms with Crippen LogP contribution in [0.1, 0.15) is 26.7 Å². The molecule has 1 aromatic rings. The highest BCUT2D eigenvalue weighted by atomic mass is 19.1. The zero-order valence-corrected chi connectivity index (χ0v) is 13.8. The highest BCUT2D eigenvalue weighted by Gasteiger charge is 2.39. The van der Waals surface area contributed by atoms with Crippen LogP contribution in [0.2, 0.25) is 0 Å². The molecule has 2 heterocycles. The summed E-state index contributed by atoms with van der Waals surface area (Å²) in [5, 5.41) is 3.45. The van der Waals surface area contributed by atoms with Crippen LogP contribution in [-0.4, -0.2) is 42.6 Å².